The van der Waals surface area contributed by atoms with Gasteiger partial charge in [0, 0.05) is 41.4 Å². The summed E-state index contributed by atoms with van der Waals surface area (Å²) in [5.74, 6) is 0.728. The Hall–Kier alpha value is -1.43. The van der Waals surface area contributed by atoms with E-state index in [1.165, 1.54) is 12.8 Å². The molecule has 1 aromatic carbocycles. The summed E-state index contributed by atoms with van der Waals surface area (Å²) in [5, 5.41) is 32.9. The molecule has 27 heavy (non-hydrogen) atoms. The lowest BCUT2D eigenvalue weighted by Gasteiger charge is -2.50. The number of phenols is 1. The normalized spacial score (nSPS) is 49.0. The fourth-order valence-electron chi connectivity index (χ4n) is 8.04. The van der Waals surface area contributed by atoms with Crippen molar-refractivity contribution in [3.8, 4) is 5.75 Å². The lowest BCUT2D eigenvalue weighted by molar-refractivity contribution is -0.836. The average molecular weight is 370 g/mol. The summed E-state index contributed by atoms with van der Waals surface area (Å²) in [6.07, 6.45) is 4.21. The second-order valence-electron chi connectivity index (χ2n) is 10.1. The molecule has 4 aliphatic carbocycles. The van der Waals surface area contributed by atoms with Gasteiger partial charge in [-0.15, -0.1) is 0 Å². The van der Waals surface area contributed by atoms with Crippen molar-refractivity contribution >= 4 is 5.78 Å². The molecule has 1 aromatic rings. The van der Waals surface area contributed by atoms with E-state index in [4.69, 9.17) is 0 Å². The molecule has 3 N–H and O–H groups in total. The zero-order valence-electron chi connectivity index (χ0n) is 16.0. The van der Waals surface area contributed by atoms with E-state index in [1.807, 2.05) is 13.0 Å². The van der Waals surface area contributed by atoms with Gasteiger partial charge in [0.25, 0.3) is 0 Å². The van der Waals surface area contributed by atoms with Gasteiger partial charge in [0.05, 0.1) is 25.6 Å². The second kappa shape index (κ2) is 4.42. The number of Topliss-reactive ketones (excluding diaryl/α,β-unsaturated/α-hetero) is 1. The van der Waals surface area contributed by atoms with E-state index in [0.29, 0.717) is 18.4 Å². The van der Waals surface area contributed by atoms with Gasteiger partial charge in [-0.25, -0.2) is 0 Å². The molecule has 1 heterocycles. The van der Waals surface area contributed by atoms with Gasteiger partial charge in [0.2, 0.25) is 0 Å². The number of nitrogens with zero attached hydrogens (tertiary/aromatic N) is 1. The number of quaternary nitrogens is 1. The van der Waals surface area contributed by atoms with Crippen LogP contribution in [0.5, 0.6) is 5.75 Å². The third-order valence-electron chi connectivity index (χ3n) is 9.29. The van der Waals surface area contributed by atoms with Crippen LogP contribution in [-0.2, 0) is 22.4 Å². The maximum absolute atomic E-state index is 12.8. The SMILES string of the molecule is CC1C(=O)CC[C@@]2(O)[C@H]3C4(C[C@]12c1c4ccc(CO)c1O)[N+]3(C)CC1CC1. The quantitative estimate of drug-likeness (QED) is 0.559. The Balaban J connectivity index is 1.64. The molecule has 2 bridgehead atoms. The summed E-state index contributed by atoms with van der Waals surface area (Å²) in [6.45, 7) is 2.78. The number of rotatable bonds is 3. The van der Waals surface area contributed by atoms with E-state index in [1.54, 1.807) is 0 Å². The van der Waals surface area contributed by atoms with Gasteiger partial charge in [0.15, 0.2) is 11.6 Å². The fraction of sp³-hybridized carbons (Fsp3) is 0.682. The molecule has 0 aromatic heterocycles. The Labute approximate surface area is 159 Å². The standard InChI is InChI=1S/C22H27NO4/c1-12-16(25)7-8-22(27)19-21(23(19,2)9-13-3-4-13)11-20(12,22)17-15(21)6-5-14(10-24)18(17)26/h5-6,12-13,19,24,27H,3-4,7-11H2,1-2H3/p+1/t12?,19-,20-,21?,22-,23?/m1/s1. The van der Waals surface area contributed by atoms with Crippen molar-refractivity contribution in [3.63, 3.8) is 0 Å². The number of aromatic hydroxyl groups is 1. The highest BCUT2D eigenvalue weighted by molar-refractivity contribution is 5.86. The maximum Gasteiger partial charge on any atom is 0.182 e. The molecule has 1 aliphatic heterocycles. The van der Waals surface area contributed by atoms with Crippen LogP contribution in [-0.4, -0.2) is 50.8 Å². The molecule has 5 aliphatic rings. The molecular formula is C22H28NO4+. The van der Waals surface area contributed by atoms with Crippen LogP contribution in [0.15, 0.2) is 12.1 Å². The first-order chi connectivity index (χ1) is 12.8. The van der Waals surface area contributed by atoms with Crippen LogP contribution in [0.25, 0.3) is 0 Å². The molecule has 5 heteroatoms. The molecule has 0 radical (unpaired) electrons. The first kappa shape index (κ1) is 16.5. The topological polar surface area (TPSA) is 77.8 Å². The number of aliphatic hydroxyl groups is 2. The molecule has 1 saturated heterocycles. The molecule has 2 spiro atoms. The van der Waals surface area contributed by atoms with Gasteiger partial charge in [-0.05, 0) is 19.3 Å². The van der Waals surface area contributed by atoms with Crippen molar-refractivity contribution in [3.05, 3.63) is 28.8 Å². The predicted molar refractivity (Wildman–Crippen MR) is 97.9 cm³/mol. The Bertz CT molecular complexity index is 910. The van der Waals surface area contributed by atoms with Gasteiger partial charge in [-0.3, -0.25) is 4.79 Å². The van der Waals surface area contributed by atoms with Gasteiger partial charge in [-0.1, -0.05) is 19.1 Å². The Kier molecular flexibility index (Phi) is 2.70. The molecule has 4 fully saturated rings. The highest BCUT2D eigenvalue weighted by Gasteiger charge is 2.98. The van der Waals surface area contributed by atoms with Crippen molar-refractivity contribution < 1.29 is 24.6 Å². The van der Waals surface area contributed by atoms with E-state index in [0.717, 1.165) is 34.5 Å². The average Bonchev–Trinajstić information content (AvgIpc) is 3.47. The minimum Gasteiger partial charge on any atom is -0.507 e. The van der Waals surface area contributed by atoms with Crippen molar-refractivity contribution in [1.82, 2.24) is 0 Å². The summed E-state index contributed by atoms with van der Waals surface area (Å²) >= 11 is 0. The molecule has 0 amide bonds. The number of carbonyl (C=O) groups is 1. The number of carbonyl (C=O) groups excluding carboxylic acids is 1. The molecule has 6 rings (SSSR count). The number of piperidine rings is 1. The number of ketones is 1. The molecule has 3 saturated carbocycles. The van der Waals surface area contributed by atoms with E-state index in [2.05, 4.69) is 13.1 Å². The molecule has 6 atom stereocenters. The van der Waals surface area contributed by atoms with Crippen LogP contribution in [0.4, 0.5) is 0 Å². The van der Waals surface area contributed by atoms with Gasteiger partial charge >= 0.3 is 0 Å². The summed E-state index contributed by atoms with van der Waals surface area (Å²) in [5.41, 5.74) is 0.536. The number of likely N-dealkylation sites (N-methyl/N-ethyl adjacent to an activating group) is 1. The van der Waals surface area contributed by atoms with Crippen LogP contribution in [0, 0.1) is 11.8 Å². The van der Waals surface area contributed by atoms with Gasteiger partial charge in [0.1, 0.15) is 17.1 Å². The number of fused-ring (bicyclic) bond motifs is 2. The smallest absolute Gasteiger partial charge is 0.182 e. The fourth-order valence-corrected chi connectivity index (χ4v) is 8.04. The maximum atomic E-state index is 12.8. The number of likely N-dealkylation sites (tertiary alicyclic amines) is 1. The van der Waals surface area contributed by atoms with Crippen molar-refractivity contribution in [1.29, 1.82) is 0 Å². The molecule has 3 unspecified atom stereocenters. The van der Waals surface area contributed by atoms with E-state index in [-0.39, 0.29) is 35.6 Å². The van der Waals surface area contributed by atoms with E-state index >= 15 is 0 Å². The Morgan fingerprint density at radius 3 is 2.70 bits per heavy atom. The van der Waals surface area contributed by atoms with Crippen molar-refractivity contribution in [2.75, 3.05) is 13.6 Å². The number of hydrogen-bond donors (Lipinski definition) is 3. The molecule has 144 valence electrons. The van der Waals surface area contributed by atoms with Crippen LogP contribution < -0.4 is 0 Å². The predicted octanol–water partition coefficient (Wildman–Crippen LogP) is 1.70. The summed E-state index contributed by atoms with van der Waals surface area (Å²) < 4.78 is 0.849. The first-order valence-corrected chi connectivity index (χ1v) is 10.3. The lowest BCUT2D eigenvalue weighted by atomic mass is 9.55. The Morgan fingerprint density at radius 2 is 2.04 bits per heavy atom. The van der Waals surface area contributed by atoms with Gasteiger partial charge < -0.3 is 19.8 Å². The molecular weight excluding hydrogens is 342 g/mol. The zero-order valence-corrected chi connectivity index (χ0v) is 16.0. The summed E-state index contributed by atoms with van der Waals surface area (Å²) in [7, 11) is 2.28. The van der Waals surface area contributed by atoms with Crippen LogP contribution in [0.1, 0.15) is 55.7 Å². The highest BCUT2D eigenvalue weighted by Crippen LogP contribution is 2.83. The summed E-state index contributed by atoms with van der Waals surface area (Å²) in [6, 6.07) is 4.00. The molecule has 5 nitrogen and oxygen atoms in total. The van der Waals surface area contributed by atoms with Crippen LogP contribution in [0.2, 0.25) is 0 Å². The first-order valence-electron chi connectivity index (χ1n) is 10.3. The lowest BCUT2D eigenvalue weighted by Crippen LogP contribution is -2.63. The van der Waals surface area contributed by atoms with Crippen LogP contribution >= 0.6 is 0 Å². The summed E-state index contributed by atoms with van der Waals surface area (Å²) in [4.78, 5) is 12.8. The highest BCUT2D eigenvalue weighted by atomic mass is 16.3. The van der Waals surface area contributed by atoms with E-state index < -0.39 is 11.0 Å². The van der Waals surface area contributed by atoms with Crippen molar-refractivity contribution in [2.24, 2.45) is 11.8 Å². The van der Waals surface area contributed by atoms with Gasteiger partial charge in [-0.2, -0.15) is 0 Å². The number of benzene rings is 1. The second-order valence-corrected chi connectivity index (χ2v) is 10.1. The van der Waals surface area contributed by atoms with E-state index in [9.17, 15) is 20.1 Å². The van der Waals surface area contributed by atoms with Crippen molar-refractivity contribution in [2.45, 2.75) is 68.2 Å². The minimum atomic E-state index is -0.956. The zero-order chi connectivity index (χ0) is 19.0. The minimum absolute atomic E-state index is 0.107. The third kappa shape index (κ3) is 1.43. The van der Waals surface area contributed by atoms with Crippen LogP contribution in [0.3, 0.4) is 0 Å². The largest absolute Gasteiger partial charge is 0.507 e. The Morgan fingerprint density at radius 1 is 1.30 bits per heavy atom. The number of hydrogen-bond acceptors (Lipinski definition) is 4. The monoisotopic (exact) mass is 370 g/mol. The number of aliphatic hydroxyl groups excluding tert-OH is 1. The third-order valence-corrected chi connectivity index (χ3v) is 9.29.